The van der Waals surface area contributed by atoms with Crippen LogP contribution < -0.4 is 14.9 Å². The van der Waals surface area contributed by atoms with Crippen LogP contribution >= 0.6 is 22.6 Å². The van der Waals surface area contributed by atoms with Gasteiger partial charge in [-0.25, -0.2) is 5.43 Å². The highest BCUT2D eigenvalue weighted by Crippen LogP contribution is 2.34. The van der Waals surface area contributed by atoms with Gasteiger partial charge in [0.05, 0.1) is 18.4 Å². The van der Waals surface area contributed by atoms with Crippen LogP contribution in [0.15, 0.2) is 78.4 Å². The summed E-state index contributed by atoms with van der Waals surface area (Å²) >= 11 is 2.24. The third-order valence-corrected chi connectivity index (χ3v) is 5.67. The maximum atomic E-state index is 12.9. The molecule has 0 unspecified atom stereocenters. The topological polar surface area (TPSA) is 59.9 Å². The molecule has 0 fully saturated rings. The highest BCUT2D eigenvalue weighted by atomic mass is 127. The van der Waals surface area contributed by atoms with E-state index < -0.39 is 17.6 Å². The number of alkyl halides is 3. The lowest BCUT2D eigenvalue weighted by atomic mass is 10.1. The molecule has 0 radical (unpaired) electrons. The van der Waals surface area contributed by atoms with E-state index in [1.165, 1.54) is 18.3 Å². The minimum Gasteiger partial charge on any atom is -0.490 e. The van der Waals surface area contributed by atoms with Crippen LogP contribution in [-0.2, 0) is 19.2 Å². The number of benzene rings is 3. The van der Waals surface area contributed by atoms with Gasteiger partial charge in [0.15, 0.2) is 11.5 Å². The van der Waals surface area contributed by atoms with Gasteiger partial charge in [-0.15, -0.1) is 6.58 Å². The molecule has 0 aliphatic rings. The monoisotopic (exact) mass is 608 g/mol. The average Bonchev–Trinajstić information content (AvgIpc) is 2.84. The maximum absolute atomic E-state index is 12.9. The Morgan fingerprint density at radius 3 is 2.53 bits per heavy atom. The number of allylic oxidation sites excluding steroid dienone is 1. The van der Waals surface area contributed by atoms with Crippen LogP contribution in [0.25, 0.3) is 0 Å². The average molecular weight is 608 g/mol. The SMILES string of the molecule is C=CCc1cc(/C=N\NC(=O)c2cccc(C(F)(F)F)c2)cc(OCC)c1OCc1ccc(I)cc1. The van der Waals surface area contributed by atoms with Crippen molar-refractivity contribution < 1.29 is 27.4 Å². The summed E-state index contributed by atoms with van der Waals surface area (Å²) in [6.07, 6.45) is -0.914. The highest BCUT2D eigenvalue weighted by Gasteiger charge is 2.30. The number of hydrazone groups is 1. The number of carbonyl (C=O) groups is 1. The Balaban J connectivity index is 1.79. The van der Waals surface area contributed by atoms with E-state index in [4.69, 9.17) is 9.47 Å². The molecule has 0 saturated heterocycles. The molecule has 1 N–H and O–H groups in total. The molecule has 0 aliphatic heterocycles. The van der Waals surface area contributed by atoms with Gasteiger partial charge in [-0.05, 0) is 89.5 Å². The van der Waals surface area contributed by atoms with E-state index in [1.807, 2.05) is 37.3 Å². The summed E-state index contributed by atoms with van der Waals surface area (Å²) in [5.74, 6) is 0.333. The number of hydrogen-bond donors (Lipinski definition) is 1. The standard InChI is InChI=1S/C27H24F3IN2O3/c1-3-6-20-13-19(16-32-33-26(34)21-7-5-8-22(15-21)27(28,29)30)14-24(35-4-2)25(20)36-17-18-9-11-23(31)12-10-18/h3,5,7-16H,1,4,6,17H2,2H3,(H,33,34)/b32-16-. The molecule has 1 amide bonds. The zero-order valence-electron chi connectivity index (χ0n) is 19.4. The van der Waals surface area contributed by atoms with Crippen LogP contribution in [-0.4, -0.2) is 18.7 Å². The summed E-state index contributed by atoms with van der Waals surface area (Å²) in [5, 5.41) is 3.92. The number of nitrogens with zero attached hydrogens (tertiary/aromatic N) is 1. The van der Waals surface area contributed by atoms with E-state index in [-0.39, 0.29) is 5.56 Å². The van der Waals surface area contributed by atoms with Crippen LogP contribution in [0.4, 0.5) is 13.2 Å². The summed E-state index contributed by atoms with van der Waals surface area (Å²) < 4.78 is 51.8. The van der Waals surface area contributed by atoms with E-state index >= 15 is 0 Å². The minimum absolute atomic E-state index is 0.149. The lowest BCUT2D eigenvalue weighted by molar-refractivity contribution is -0.137. The fraction of sp³-hybridized carbons (Fsp3) is 0.185. The molecule has 0 atom stereocenters. The summed E-state index contributed by atoms with van der Waals surface area (Å²) in [6.45, 7) is 6.41. The molecule has 0 bridgehead atoms. The zero-order chi connectivity index (χ0) is 26.1. The van der Waals surface area contributed by atoms with Crippen molar-refractivity contribution in [1.29, 1.82) is 0 Å². The van der Waals surface area contributed by atoms with Crippen LogP contribution in [0, 0.1) is 3.57 Å². The Labute approximate surface area is 221 Å². The molecule has 5 nitrogen and oxygen atoms in total. The molecule has 0 aromatic heterocycles. The van der Waals surface area contributed by atoms with E-state index in [2.05, 4.69) is 39.7 Å². The first kappa shape index (κ1) is 27.3. The predicted molar refractivity (Wildman–Crippen MR) is 142 cm³/mol. The Morgan fingerprint density at radius 1 is 1.11 bits per heavy atom. The smallest absolute Gasteiger partial charge is 0.416 e. The van der Waals surface area contributed by atoms with Gasteiger partial charge in [0.1, 0.15) is 6.61 Å². The van der Waals surface area contributed by atoms with Gasteiger partial charge in [-0.1, -0.05) is 24.3 Å². The number of rotatable bonds is 10. The van der Waals surface area contributed by atoms with Crippen molar-refractivity contribution in [3.63, 3.8) is 0 Å². The van der Waals surface area contributed by atoms with Crippen LogP contribution in [0.2, 0.25) is 0 Å². The molecule has 3 aromatic carbocycles. The summed E-state index contributed by atoms with van der Waals surface area (Å²) in [4.78, 5) is 12.3. The minimum atomic E-state index is -4.54. The normalized spacial score (nSPS) is 11.4. The van der Waals surface area contributed by atoms with Crippen molar-refractivity contribution in [2.45, 2.75) is 26.1 Å². The molecule has 36 heavy (non-hydrogen) atoms. The Morgan fingerprint density at radius 2 is 1.86 bits per heavy atom. The third-order valence-electron chi connectivity index (χ3n) is 4.95. The fourth-order valence-electron chi connectivity index (χ4n) is 3.29. The van der Waals surface area contributed by atoms with Gasteiger partial charge in [0.25, 0.3) is 5.91 Å². The van der Waals surface area contributed by atoms with Gasteiger partial charge < -0.3 is 9.47 Å². The second kappa shape index (κ2) is 12.6. The van der Waals surface area contributed by atoms with Crippen molar-refractivity contribution >= 4 is 34.7 Å². The van der Waals surface area contributed by atoms with E-state index in [0.29, 0.717) is 36.7 Å². The Kier molecular flexibility index (Phi) is 9.51. The molecule has 0 saturated carbocycles. The number of halogens is 4. The Hall–Kier alpha value is -3.34. The molecule has 0 heterocycles. The van der Waals surface area contributed by atoms with Crippen molar-refractivity contribution in [1.82, 2.24) is 5.43 Å². The quantitative estimate of drug-likeness (QED) is 0.120. The lowest BCUT2D eigenvalue weighted by Gasteiger charge is -2.17. The van der Waals surface area contributed by atoms with Crippen molar-refractivity contribution in [3.8, 4) is 11.5 Å². The van der Waals surface area contributed by atoms with Crippen molar-refractivity contribution in [2.75, 3.05) is 6.61 Å². The zero-order valence-corrected chi connectivity index (χ0v) is 21.6. The second-order valence-corrected chi connectivity index (χ2v) is 8.87. The first-order valence-electron chi connectivity index (χ1n) is 11.0. The maximum Gasteiger partial charge on any atom is 0.416 e. The summed E-state index contributed by atoms with van der Waals surface area (Å²) in [7, 11) is 0. The number of hydrogen-bond acceptors (Lipinski definition) is 4. The number of nitrogens with one attached hydrogen (secondary N) is 1. The number of amides is 1. The lowest BCUT2D eigenvalue weighted by Crippen LogP contribution is -2.18. The molecular formula is C27H24F3IN2O3. The Bertz CT molecular complexity index is 1240. The van der Waals surface area contributed by atoms with E-state index in [1.54, 1.807) is 12.1 Å². The van der Waals surface area contributed by atoms with Crippen LogP contribution in [0.1, 0.15) is 39.5 Å². The predicted octanol–water partition coefficient (Wildman–Crippen LogP) is 6.78. The largest absolute Gasteiger partial charge is 0.490 e. The fourth-order valence-corrected chi connectivity index (χ4v) is 3.65. The van der Waals surface area contributed by atoms with Crippen molar-refractivity contribution in [3.05, 3.63) is 105 Å². The molecule has 3 aromatic rings. The number of carbonyl (C=O) groups excluding carboxylic acids is 1. The van der Waals surface area contributed by atoms with Gasteiger partial charge in [-0.2, -0.15) is 18.3 Å². The van der Waals surface area contributed by atoms with Gasteiger partial charge in [0, 0.05) is 14.7 Å². The summed E-state index contributed by atoms with van der Waals surface area (Å²) in [5.41, 5.74) is 3.64. The third kappa shape index (κ3) is 7.58. The molecular weight excluding hydrogens is 584 g/mol. The molecule has 3 rings (SSSR count). The van der Waals surface area contributed by atoms with Gasteiger partial charge in [0.2, 0.25) is 0 Å². The molecule has 9 heteroatoms. The van der Waals surface area contributed by atoms with Crippen LogP contribution in [0.3, 0.4) is 0 Å². The van der Waals surface area contributed by atoms with E-state index in [9.17, 15) is 18.0 Å². The summed E-state index contributed by atoms with van der Waals surface area (Å²) in [6, 6.07) is 15.7. The second-order valence-electron chi connectivity index (χ2n) is 7.63. The van der Waals surface area contributed by atoms with Gasteiger partial charge in [-0.3, -0.25) is 4.79 Å². The highest BCUT2D eigenvalue weighted by molar-refractivity contribution is 14.1. The molecule has 0 aliphatic carbocycles. The molecule has 188 valence electrons. The van der Waals surface area contributed by atoms with Gasteiger partial charge >= 0.3 is 6.18 Å². The van der Waals surface area contributed by atoms with Crippen LogP contribution in [0.5, 0.6) is 11.5 Å². The molecule has 0 spiro atoms. The first-order valence-corrected chi connectivity index (χ1v) is 12.1. The first-order chi connectivity index (χ1) is 17.2. The van der Waals surface area contributed by atoms with Crippen molar-refractivity contribution in [2.24, 2.45) is 5.10 Å². The number of ether oxygens (including phenoxy) is 2. The van der Waals surface area contributed by atoms with E-state index in [0.717, 1.165) is 26.8 Å².